The average Bonchev–Trinajstić information content (AvgIpc) is 2.13. The van der Waals surface area contributed by atoms with E-state index >= 15 is 0 Å². The van der Waals surface area contributed by atoms with Crippen molar-refractivity contribution >= 4 is 0 Å². The molecule has 1 heterocycles. The molecule has 0 aromatic heterocycles. The van der Waals surface area contributed by atoms with Gasteiger partial charge in [-0.15, -0.1) is 0 Å². The highest BCUT2D eigenvalue weighted by atomic mass is 16.7. The summed E-state index contributed by atoms with van der Waals surface area (Å²) in [5.41, 5.74) is 4.17. The Morgan fingerprint density at radius 1 is 1.67 bits per heavy atom. The highest BCUT2D eigenvalue weighted by Crippen LogP contribution is 2.52. The van der Waals surface area contributed by atoms with E-state index in [1.165, 1.54) is 0 Å². The quantitative estimate of drug-likeness (QED) is 0.277. The predicted molar refractivity (Wildman–Crippen MR) is 17.8 cm³/mol. The third-order valence-corrected chi connectivity index (χ3v) is 1.29. The number of fused-ring (bicyclic) bond motifs is 1. The van der Waals surface area contributed by atoms with E-state index in [-0.39, 0.29) is 12.2 Å². The Morgan fingerprint density at radius 2 is 2.00 bits per heavy atom. The number of aliphatic hydroxyl groups is 1. The summed E-state index contributed by atoms with van der Waals surface area (Å²) in [4.78, 5) is 0. The molecule has 0 amide bonds. The Labute approximate surface area is 34.7 Å². The zero-order chi connectivity index (χ0) is 4.36. The zero-order valence-electron chi connectivity index (χ0n) is 3.09. The minimum absolute atomic E-state index is 0.00231. The summed E-state index contributed by atoms with van der Waals surface area (Å²) in [6.45, 7) is 0. The number of nitrogens with two attached hydrogens (primary N) is 1. The van der Waals surface area contributed by atoms with E-state index in [4.69, 9.17) is 10.8 Å². The second-order valence-electron chi connectivity index (χ2n) is 1.86. The van der Waals surface area contributed by atoms with Gasteiger partial charge in [-0.3, -0.25) is 5.73 Å². The fraction of sp³-hybridized carbons (Fsp3) is 1.00. The van der Waals surface area contributed by atoms with E-state index in [0.717, 1.165) is 0 Å². The lowest BCUT2D eigenvalue weighted by atomic mass is 10.6. The monoisotopic (exact) mass is 87.0 g/mol. The summed E-state index contributed by atoms with van der Waals surface area (Å²) in [5, 5.41) is 8.60. The maximum absolute atomic E-state index is 8.60. The summed E-state index contributed by atoms with van der Waals surface area (Å²) in [6.07, 6.45) is -0.00463. The van der Waals surface area contributed by atoms with Crippen LogP contribution < -0.4 is 5.73 Å². The molecule has 3 nitrogen and oxygen atoms in total. The van der Waals surface area contributed by atoms with Crippen LogP contribution in [0.5, 0.6) is 0 Å². The topological polar surface area (TPSA) is 58.8 Å². The first-order valence-corrected chi connectivity index (χ1v) is 1.89. The van der Waals surface area contributed by atoms with E-state index in [1.54, 1.807) is 0 Å². The summed E-state index contributed by atoms with van der Waals surface area (Å²) < 4.78 is 4.65. The molecule has 0 bridgehead atoms. The SMILES string of the molecule is NC1(O)[C@@H]2O[C@@H]21. The second kappa shape index (κ2) is 0.443. The van der Waals surface area contributed by atoms with E-state index in [9.17, 15) is 0 Å². The molecule has 2 aliphatic rings. The van der Waals surface area contributed by atoms with Crippen LogP contribution in [0.3, 0.4) is 0 Å². The van der Waals surface area contributed by atoms with Crippen LogP contribution in [0.15, 0.2) is 0 Å². The van der Waals surface area contributed by atoms with Crippen molar-refractivity contribution in [1.29, 1.82) is 0 Å². The van der Waals surface area contributed by atoms with Crippen LogP contribution in [0, 0.1) is 0 Å². The molecule has 0 radical (unpaired) electrons. The molecule has 0 aromatic carbocycles. The lowest BCUT2D eigenvalue weighted by Gasteiger charge is -2.03. The number of ether oxygens (including phenoxy) is 1. The maximum Gasteiger partial charge on any atom is 0.172 e. The van der Waals surface area contributed by atoms with Crippen molar-refractivity contribution in [3.8, 4) is 0 Å². The number of epoxide rings is 1. The summed E-state index contributed by atoms with van der Waals surface area (Å²) in [6, 6.07) is 0. The fourth-order valence-electron chi connectivity index (χ4n) is 0.589. The van der Waals surface area contributed by atoms with Gasteiger partial charge < -0.3 is 9.84 Å². The third kappa shape index (κ3) is 0.128. The summed E-state index contributed by atoms with van der Waals surface area (Å²) in [5.74, 6) is 0. The van der Waals surface area contributed by atoms with Crippen LogP contribution in [0.4, 0.5) is 0 Å². The standard InChI is InChI=1S/C3H5NO2/c4-3(5)1-2(3)6-1/h1-2,5H,4H2/t1-,2+,3?. The number of hydrogen-bond acceptors (Lipinski definition) is 3. The Kier molecular flexibility index (Phi) is 0.218. The highest BCUT2D eigenvalue weighted by molar-refractivity contribution is 5.24. The van der Waals surface area contributed by atoms with Crippen molar-refractivity contribution in [3.05, 3.63) is 0 Å². The molecule has 1 aliphatic heterocycles. The molecule has 34 valence electrons. The van der Waals surface area contributed by atoms with Gasteiger partial charge in [-0.25, -0.2) is 0 Å². The van der Waals surface area contributed by atoms with Crippen molar-refractivity contribution in [3.63, 3.8) is 0 Å². The second-order valence-corrected chi connectivity index (χ2v) is 1.86. The fourth-order valence-corrected chi connectivity index (χ4v) is 0.589. The van der Waals surface area contributed by atoms with Crippen molar-refractivity contribution in [1.82, 2.24) is 0 Å². The Hall–Kier alpha value is -0.120. The molecule has 6 heavy (non-hydrogen) atoms. The van der Waals surface area contributed by atoms with Gasteiger partial charge in [0.2, 0.25) is 0 Å². The van der Waals surface area contributed by atoms with Gasteiger partial charge in [-0.1, -0.05) is 0 Å². The van der Waals surface area contributed by atoms with Gasteiger partial charge >= 0.3 is 0 Å². The van der Waals surface area contributed by atoms with E-state index in [2.05, 4.69) is 4.74 Å². The molecule has 2 rings (SSSR count). The van der Waals surface area contributed by atoms with Crippen LogP contribution in [-0.2, 0) is 4.74 Å². The van der Waals surface area contributed by atoms with Gasteiger partial charge in [0.1, 0.15) is 12.2 Å². The Balaban J connectivity index is 2.21. The van der Waals surface area contributed by atoms with Gasteiger partial charge in [-0.05, 0) is 0 Å². The minimum Gasteiger partial charge on any atom is -0.371 e. The first kappa shape index (κ1) is 2.96. The lowest BCUT2D eigenvalue weighted by molar-refractivity contribution is 0.00448. The molecule has 0 spiro atoms. The summed E-state index contributed by atoms with van der Waals surface area (Å²) >= 11 is 0. The molecule has 1 saturated heterocycles. The van der Waals surface area contributed by atoms with Crippen molar-refractivity contribution in [2.24, 2.45) is 5.73 Å². The molecule has 1 unspecified atom stereocenters. The van der Waals surface area contributed by atoms with Gasteiger partial charge in [0, 0.05) is 0 Å². The van der Waals surface area contributed by atoms with Crippen molar-refractivity contribution < 1.29 is 9.84 Å². The molecular weight excluding hydrogens is 82.0 g/mol. The average molecular weight is 87.1 g/mol. The number of rotatable bonds is 0. The van der Waals surface area contributed by atoms with E-state index < -0.39 is 5.72 Å². The Bertz CT molecular complexity index is 91.0. The van der Waals surface area contributed by atoms with Gasteiger partial charge in [0.05, 0.1) is 0 Å². The zero-order valence-corrected chi connectivity index (χ0v) is 3.09. The molecular formula is C3H5NO2. The molecule has 3 N–H and O–H groups in total. The van der Waals surface area contributed by atoms with Crippen LogP contribution in [0.25, 0.3) is 0 Å². The van der Waals surface area contributed by atoms with Gasteiger partial charge in [-0.2, -0.15) is 0 Å². The largest absolute Gasteiger partial charge is 0.371 e. The minimum atomic E-state index is -0.917. The molecule has 3 atom stereocenters. The molecule has 2 fully saturated rings. The highest BCUT2D eigenvalue weighted by Gasteiger charge is 2.79. The number of hydrogen-bond donors (Lipinski definition) is 2. The Morgan fingerprint density at radius 3 is 2.00 bits per heavy atom. The summed E-state index contributed by atoms with van der Waals surface area (Å²) in [7, 11) is 0. The van der Waals surface area contributed by atoms with Crippen LogP contribution in [-0.4, -0.2) is 23.0 Å². The van der Waals surface area contributed by atoms with Crippen molar-refractivity contribution in [2.75, 3.05) is 0 Å². The van der Waals surface area contributed by atoms with E-state index in [1.807, 2.05) is 0 Å². The first-order valence-electron chi connectivity index (χ1n) is 1.89. The molecule has 1 aliphatic carbocycles. The smallest absolute Gasteiger partial charge is 0.172 e. The van der Waals surface area contributed by atoms with Crippen molar-refractivity contribution in [2.45, 2.75) is 17.9 Å². The normalized spacial score (nSPS) is 73.0. The van der Waals surface area contributed by atoms with Gasteiger partial charge in [0.25, 0.3) is 0 Å². The maximum atomic E-state index is 8.60. The first-order chi connectivity index (χ1) is 2.73. The van der Waals surface area contributed by atoms with Crippen LogP contribution in [0.1, 0.15) is 0 Å². The van der Waals surface area contributed by atoms with Crippen LogP contribution >= 0.6 is 0 Å². The molecule has 3 heteroatoms. The molecule has 1 saturated carbocycles. The van der Waals surface area contributed by atoms with E-state index in [0.29, 0.717) is 0 Å². The van der Waals surface area contributed by atoms with Crippen LogP contribution in [0.2, 0.25) is 0 Å². The lowest BCUT2D eigenvalue weighted by Crippen LogP contribution is -2.34. The molecule has 0 aromatic rings. The third-order valence-electron chi connectivity index (χ3n) is 1.29. The van der Waals surface area contributed by atoms with Gasteiger partial charge in [0.15, 0.2) is 5.72 Å². The predicted octanol–water partition coefficient (Wildman–Crippen LogP) is -1.59.